The van der Waals surface area contributed by atoms with Crippen molar-refractivity contribution in [2.24, 2.45) is 5.41 Å². The molecule has 1 amide bonds. The van der Waals surface area contributed by atoms with Crippen LogP contribution in [0.3, 0.4) is 0 Å². The van der Waals surface area contributed by atoms with E-state index in [0.717, 1.165) is 17.8 Å². The molecule has 0 aliphatic carbocycles. The molecule has 3 nitrogen and oxygen atoms in total. The highest BCUT2D eigenvalue weighted by atomic mass is 32.1. The molecule has 0 bridgehead atoms. The van der Waals surface area contributed by atoms with Crippen LogP contribution in [0.5, 0.6) is 0 Å². The average molecular weight is 224 g/mol. The van der Waals surface area contributed by atoms with Gasteiger partial charge in [-0.3, -0.25) is 14.1 Å². The number of aromatic nitrogens is 1. The first-order valence-corrected chi connectivity index (χ1v) is 5.21. The lowest BCUT2D eigenvalue weighted by Crippen LogP contribution is -2.12. The number of hydrogen-bond acceptors (Lipinski definition) is 3. The Morgan fingerprint density at radius 3 is 2.73 bits per heavy atom. The Labute approximate surface area is 96.1 Å². The van der Waals surface area contributed by atoms with Crippen LogP contribution in [0.1, 0.15) is 26.5 Å². The third-order valence-electron chi connectivity index (χ3n) is 1.88. The largest absolute Gasteiger partial charge is 0.277 e. The molecule has 1 aromatic heterocycles. The summed E-state index contributed by atoms with van der Waals surface area (Å²) in [5.41, 5.74) is 1.91. The van der Waals surface area contributed by atoms with E-state index in [0.29, 0.717) is 6.41 Å². The molecule has 15 heavy (non-hydrogen) atoms. The molecule has 0 N–H and O–H groups in total. The fraction of sp³-hybridized carbons (Fsp3) is 0.455. The summed E-state index contributed by atoms with van der Waals surface area (Å²) < 4.78 is 1.24. The van der Waals surface area contributed by atoms with Gasteiger partial charge < -0.3 is 0 Å². The first-order chi connectivity index (χ1) is 6.92. The summed E-state index contributed by atoms with van der Waals surface area (Å²) in [5.74, 6) is 0. The van der Waals surface area contributed by atoms with E-state index in [1.165, 1.54) is 4.31 Å². The van der Waals surface area contributed by atoms with Gasteiger partial charge in [-0.05, 0) is 24.0 Å². The Balaban J connectivity index is 2.88. The maximum Gasteiger partial charge on any atom is 0.224 e. The number of thiol groups is 1. The lowest BCUT2D eigenvalue weighted by atomic mass is 9.90. The molecular weight excluding hydrogens is 208 g/mol. The lowest BCUT2D eigenvalue weighted by Gasteiger charge is -2.18. The third kappa shape index (κ3) is 3.91. The van der Waals surface area contributed by atoms with Crippen LogP contribution in [-0.2, 0) is 11.2 Å². The quantitative estimate of drug-likeness (QED) is 0.632. The maximum atomic E-state index is 10.5. The average Bonchev–Trinajstić information content (AvgIpc) is 2.14. The van der Waals surface area contributed by atoms with Gasteiger partial charge >= 0.3 is 0 Å². The first kappa shape index (κ1) is 12.0. The van der Waals surface area contributed by atoms with Crippen molar-refractivity contribution in [3.05, 3.63) is 24.0 Å². The molecule has 1 rings (SSSR count). The molecule has 0 spiro atoms. The fourth-order valence-electron chi connectivity index (χ4n) is 1.31. The minimum Gasteiger partial charge on any atom is -0.277 e. The Kier molecular flexibility index (Phi) is 3.74. The summed E-state index contributed by atoms with van der Waals surface area (Å²) in [4.78, 5) is 14.8. The summed E-state index contributed by atoms with van der Waals surface area (Å²) in [6.45, 7) is 6.46. The van der Waals surface area contributed by atoms with Crippen molar-refractivity contribution in [1.29, 1.82) is 0 Å². The van der Waals surface area contributed by atoms with Crippen molar-refractivity contribution in [2.75, 3.05) is 4.31 Å². The molecule has 0 saturated carbocycles. The molecule has 0 aliphatic rings. The summed E-state index contributed by atoms with van der Waals surface area (Å²) >= 11 is 4.02. The van der Waals surface area contributed by atoms with E-state index in [4.69, 9.17) is 0 Å². The minimum atomic E-state index is 0.189. The number of hydrogen-bond donors (Lipinski definition) is 1. The van der Waals surface area contributed by atoms with Crippen LogP contribution in [0.25, 0.3) is 0 Å². The number of carbonyl (C=O) groups excluding carboxylic acids is 1. The summed E-state index contributed by atoms with van der Waals surface area (Å²) in [7, 11) is 0. The van der Waals surface area contributed by atoms with Gasteiger partial charge in [-0.25, -0.2) is 0 Å². The SMILES string of the molecule is CC(C)(C)Cc1cc(N(S)C=O)ccn1. The van der Waals surface area contributed by atoms with Gasteiger partial charge in [-0.15, -0.1) is 0 Å². The molecule has 0 unspecified atom stereocenters. The molecular formula is C11H16N2OS. The van der Waals surface area contributed by atoms with Gasteiger partial charge in [0.25, 0.3) is 0 Å². The van der Waals surface area contributed by atoms with Crippen molar-refractivity contribution in [3.63, 3.8) is 0 Å². The standard InChI is InChI=1S/C11H16N2OS/c1-11(2,3)7-9-6-10(4-5-12-9)13(15)8-14/h4-6,8,15H,7H2,1-3H3. The molecule has 1 heterocycles. The van der Waals surface area contributed by atoms with E-state index in [-0.39, 0.29) is 5.41 Å². The Morgan fingerprint density at radius 1 is 1.53 bits per heavy atom. The van der Waals surface area contributed by atoms with Gasteiger partial charge in [0.05, 0.1) is 5.69 Å². The van der Waals surface area contributed by atoms with E-state index in [2.05, 4.69) is 38.6 Å². The second-order valence-corrected chi connectivity index (χ2v) is 5.12. The zero-order valence-electron chi connectivity index (χ0n) is 9.27. The highest BCUT2D eigenvalue weighted by molar-refractivity contribution is 7.82. The van der Waals surface area contributed by atoms with Gasteiger partial charge in [0.2, 0.25) is 6.41 Å². The van der Waals surface area contributed by atoms with Gasteiger partial charge in [0, 0.05) is 11.9 Å². The lowest BCUT2D eigenvalue weighted by molar-refractivity contribution is -0.106. The Hall–Kier alpha value is -1.03. The first-order valence-electron chi connectivity index (χ1n) is 4.81. The highest BCUT2D eigenvalue weighted by Gasteiger charge is 2.13. The fourth-order valence-corrected chi connectivity index (χ4v) is 1.43. The zero-order valence-corrected chi connectivity index (χ0v) is 10.2. The monoisotopic (exact) mass is 224 g/mol. The third-order valence-corrected chi connectivity index (χ3v) is 2.20. The Morgan fingerprint density at radius 2 is 2.20 bits per heavy atom. The van der Waals surface area contributed by atoms with Crippen molar-refractivity contribution in [3.8, 4) is 0 Å². The van der Waals surface area contributed by atoms with Crippen LogP contribution >= 0.6 is 12.8 Å². The molecule has 0 aromatic carbocycles. The van der Waals surface area contributed by atoms with E-state index < -0.39 is 0 Å². The van der Waals surface area contributed by atoms with Crippen LogP contribution in [0.2, 0.25) is 0 Å². The normalized spacial score (nSPS) is 11.2. The van der Waals surface area contributed by atoms with Crippen molar-refractivity contribution in [2.45, 2.75) is 27.2 Å². The van der Waals surface area contributed by atoms with Crippen LogP contribution in [-0.4, -0.2) is 11.4 Å². The van der Waals surface area contributed by atoms with Crippen molar-refractivity contribution >= 4 is 24.9 Å². The van der Waals surface area contributed by atoms with Crippen molar-refractivity contribution < 1.29 is 4.79 Å². The summed E-state index contributed by atoms with van der Waals surface area (Å²) in [6, 6.07) is 3.64. The molecule has 0 aliphatic heterocycles. The highest BCUT2D eigenvalue weighted by Crippen LogP contribution is 2.22. The van der Waals surface area contributed by atoms with Gasteiger partial charge in [0.15, 0.2) is 0 Å². The maximum absolute atomic E-state index is 10.5. The number of pyridine rings is 1. The molecule has 0 radical (unpaired) electrons. The molecule has 82 valence electrons. The topological polar surface area (TPSA) is 33.2 Å². The number of nitrogens with zero attached hydrogens (tertiary/aromatic N) is 2. The van der Waals surface area contributed by atoms with Crippen LogP contribution in [0, 0.1) is 5.41 Å². The number of rotatable bonds is 3. The minimum absolute atomic E-state index is 0.189. The van der Waals surface area contributed by atoms with Crippen LogP contribution in [0.4, 0.5) is 5.69 Å². The predicted octanol–water partition coefficient (Wildman–Crippen LogP) is 2.48. The van der Waals surface area contributed by atoms with Crippen molar-refractivity contribution in [1.82, 2.24) is 4.98 Å². The zero-order chi connectivity index (χ0) is 11.5. The molecule has 0 fully saturated rings. The number of amides is 1. The van der Waals surface area contributed by atoms with Crippen LogP contribution < -0.4 is 4.31 Å². The molecule has 0 saturated heterocycles. The van der Waals surface area contributed by atoms with E-state index in [1.807, 2.05) is 6.07 Å². The van der Waals surface area contributed by atoms with Gasteiger partial charge in [-0.1, -0.05) is 33.6 Å². The van der Waals surface area contributed by atoms with E-state index in [9.17, 15) is 4.79 Å². The number of carbonyl (C=O) groups is 1. The van der Waals surface area contributed by atoms with Gasteiger partial charge in [-0.2, -0.15) is 0 Å². The van der Waals surface area contributed by atoms with E-state index >= 15 is 0 Å². The predicted molar refractivity (Wildman–Crippen MR) is 64.9 cm³/mol. The smallest absolute Gasteiger partial charge is 0.224 e. The number of anilines is 1. The second-order valence-electron chi connectivity index (χ2n) is 4.69. The molecule has 1 aromatic rings. The summed E-state index contributed by atoms with van der Waals surface area (Å²) in [6.07, 6.45) is 3.24. The summed E-state index contributed by atoms with van der Waals surface area (Å²) in [5, 5.41) is 0. The van der Waals surface area contributed by atoms with Gasteiger partial charge in [0.1, 0.15) is 0 Å². The molecule has 4 heteroatoms. The van der Waals surface area contributed by atoms with E-state index in [1.54, 1.807) is 12.3 Å². The Bertz CT molecular complexity index is 347. The van der Waals surface area contributed by atoms with Crippen LogP contribution in [0.15, 0.2) is 18.3 Å². The molecule has 0 atom stereocenters. The second kappa shape index (κ2) is 4.66.